The van der Waals surface area contributed by atoms with Crippen LogP contribution in [0, 0.1) is 0 Å². The number of aromatic nitrogens is 3. The van der Waals surface area contributed by atoms with E-state index in [1.165, 1.54) is 12.8 Å². The molecule has 0 radical (unpaired) electrons. The fraction of sp³-hybridized carbons (Fsp3) is 0.462. The molecule has 0 bridgehead atoms. The van der Waals surface area contributed by atoms with E-state index in [-0.39, 0.29) is 18.4 Å². The largest absolute Gasteiger partial charge is 0.337 e. The Morgan fingerprint density at radius 2 is 2.26 bits per heavy atom. The molecule has 1 atom stereocenters. The summed E-state index contributed by atoms with van der Waals surface area (Å²) in [5, 5.41) is 3.98. The van der Waals surface area contributed by atoms with Gasteiger partial charge in [0.25, 0.3) is 0 Å². The van der Waals surface area contributed by atoms with Crippen LogP contribution in [0.5, 0.6) is 0 Å². The topological polar surface area (TPSA) is 77.8 Å². The van der Waals surface area contributed by atoms with E-state index in [1.54, 1.807) is 6.20 Å². The van der Waals surface area contributed by atoms with Crippen LogP contribution in [0.2, 0.25) is 0 Å². The van der Waals surface area contributed by atoms with Crippen LogP contribution in [0.3, 0.4) is 0 Å². The second-order valence-electron chi connectivity index (χ2n) is 4.71. The lowest BCUT2D eigenvalue weighted by atomic mass is 10.1. The maximum absolute atomic E-state index is 5.87. The van der Waals surface area contributed by atoms with E-state index in [0.29, 0.717) is 17.6 Å². The first kappa shape index (κ1) is 14.0. The van der Waals surface area contributed by atoms with Crippen molar-refractivity contribution < 1.29 is 4.52 Å². The molecule has 2 aromatic heterocycles. The molecule has 5 nitrogen and oxygen atoms in total. The number of hydrogen-bond acceptors (Lipinski definition) is 5. The zero-order chi connectivity index (χ0) is 12.5. The van der Waals surface area contributed by atoms with E-state index in [4.69, 9.17) is 10.3 Å². The molecule has 3 rings (SSSR count). The molecular weight excluding hydrogens is 264 g/mol. The summed E-state index contributed by atoms with van der Waals surface area (Å²) in [5.41, 5.74) is 7.94. The summed E-state index contributed by atoms with van der Waals surface area (Å²) >= 11 is 0. The molecule has 19 heavy (non-hydrogen) atoms. The average molecular weight is 281 g/mol. The van der Waals surface area contributed by atoms with Crippen molar-refractivity contribution in [2.45, 2.75) is 38.1 Å². The molecule has 0 aromatic carbocycles. The van der Waals surface area contributed by atoms with Crippen molar-refractivity contribution in [1.82, 2.24) is 15.1 Å². The zero-order valence-electron chi connectivity index (χ0n) is 10.7. The smallest absolute Gasteiger partial charge is 0.243 e. The van der Waals surface area contributed by atoms with Gasteiger partial charge in [0.05, 0.1) is 6.04 Å². The third-order valence-electron chi connectivity index (χ3n) is 3.23. The number of hydrogen-bond donors (Lipinski definition) is 1. The number of halogens is 1. The standard InChI is InChI=1S/C13H16N4O.ClH/c1-2-10(14)13-16-12(17-18-13)9-5-6-15-11(7-9)8-3-4-8;/h5-8,10H,2-4,14H2,1H3;1H. The van der Waals surface area contributed by atoms with E-state index in [2.05, 4.69) is 15.1 Å². The second kappa shape index (κ2) is 5.67. The fourth-order valence-electron chi connectivity index (χ4n) is 1.87. The molecule has 2 heterocycles. The summed E-state index contributed by atoms with van der Waals surface area (Å²) < 4.78 is 5.18. The van der Waals surface area contributed by atoms with Gasteiger partial charge in [0, 0.05) is 23.4 Å². The van der Waals surface area contributed by atoms with E-state index >= 15 is 0 Å². The molecule has 2 N–H and O–H groups in total. The molecule has 1 saturated carbocycles. The van der Waals surface area contributed by atoms with Gasteiger partial charge in [-0.25, -0.2) is 0 Å². The predicted molar refractivity (Wildman–Crippen MR) is 74.0 cm³/mol. The van der Waals surface area contributed by atoms with Crippen molar-refractivity contribution in [2.24, 2.45) is 5.73 Å². The Bertz CT molecular complexity index is 553. The molecule has 0 aliphatic heterocycles. The monoisotopic (exact) mass is 280 g/mol. The van der Waals surface area contributed by atoms with Crippen LogP contribution in [-0.2, 0) is 0 Å². The van der Waals surface area contributed by atoms with Gasteiger partial charge in [-0.3, -0.25) is 4.98 Å². The second-order valence-corrected chi connectivity index (χ2v) is 4.71. The minimum absolute atomic E-state index is 0. The maximum atomic E-state index is 5.87. The lowest BCUT2D eigenvalue weighted by Gasteiger charge is -2.00. The fourth-order valence-corrected chi connectivity index (χ4v) is 1.87. The Kier molecular flexibility index (Phi) is 4.17. The zero-order valence-corrected chi connectivity index (χ0v) is 11.6. The number of rotatable bonds is 4. The van der Waals surface area contributed by atoms with Crippen LogP contribution in [0.1, 0.15) is 49.7 Å². The summed E-state index contributed by atoms with van der Waals surface area (Å²) in [6.45, 7) is 1.99. The molecule has 1 unspecified atom stereocenters. The van der Waals surface area contributed by atoms with Gasteiger partial charge in [0.1, 0.15) is 0 Å². The number of pyridine rings is 1. The Hall–Kier alpha value is -1.46. The van der Waals surface area contributed by atoms with E-state index in [0.717, 1.165) is 17.7 Å². The average Bonchev–Trinajstić information content (AvgIpc) is 3.15. The van der Waals surface area contributed by atoms with Gasteiger partial charge in [-0.1, -0.05) is 12.1 Å². The Balaban J connectivity index is 0.00000133. The summed E-state index contributed by atoms with van der Waals surface area (Å²) in [4.78, 5) is 8.72. The Morgan fingerprint density at radius 3 is 2.95 bits per heavy atom. The highest BCUT2D eigenvalue weighted by molar-refractivity contribution is 5.85. The van der Waals surface area contributed by atoms with Gasteiger partial charge in [0.2, 0.25) is 11.7 Å². The van der Waals surface area contributed by atoms with Gasteiger partial charge in [-0.2, -0.15) is 4.98 Å². The summed E-state index contributed by atoms with van der Waals surface area (Å²) in [5.74, 6) is 1.71. The molecule has 0 spiro atoms. The molecule has 6 heteroatoms. The van der Waals surface area contributed by atoms with Gasteiger partial charge in [-0.15, -0.1) is 12.4 Å². The van der Waals surface area contributed by atoms with Crippen LogP contribution < -0.4 is 5.73 Å². The quantitative estimate of drug-likeness (QED) is 0.932. The van der Waals surface area contributed by atoms with Crippen molar-refractivity contribution >= 4 is 12.4 Å². The van der Waals surface area contributed by atoms with E-state index in [1.807, 2.05) is 19.1 Å². The molecule has 1 aliphatic rings. The maximum Gasteiger partial charge on any atom is 0.243 e. The van der Waals surface area contributed by atoms with Crippen LogP contribution in [0.15, 0.2) is 22.9 Å². The van der Waals surface area contributed by atoms with E-state index in [9.17, 15) is 0 Å². The lowest BCUT2D eigenvalue weighted by molar-refractivity contribution is 0.352. The van der Waals surface area contributed by atoms with Crippen molar-refractivity contribution in [3.63, 3.8) is 0 Å². The Morgan fingerprint density at radius 1 is 1.47 bits per heavy atom. The van der Waals surface area contributed by atoms with Gasteiger partial charge < -0.3 is 10.3 Å². The first-order valence-electron chi connectivity index (χ1n) is 6.33. The highest BCUT2D eigenvalue weighted by Gasteiger charge is 2.25. The lowest BCUT2D eigenvalue weighted by Crippen LogP contribution is -2.08. The SMILES string of the molecule is CCC(N)c1nc(-c2ccnc(C3CC3)c2)no1.Cl. The molecule has 1 fully saturated rings. The minimum Gasteiger partial charge on any atom is -0.337 e. The first-order valence-corrected chi connectivity index (χ1v) is 6.33. The molecule has 102 valence electrons. The van der Waals surface area contributed by atoms with Crippen LogP contribution in [-0.4, -0.2) is 15.1 Å². The molecule has 0 saturated heterocycles. The summed E-state index contributed by atoms with van der Waals surface area (Å²) in [6.07, 6.45) is 5.05. The van der Waals surface area contributed by atoms with Crippen molar-refractivity contribution in [2.75, 3.05) is 0 Å². The van der Waals surface area contributed by atoms with E-state index < -0.39 is 0 Å². The highest BCUT2D eigenvalue weighted by Crippen LogP contribution is 2.39. The molecular formula is C13H17ClN4O. The van der Waals surface area contributed by atoms with Crippen LogP contribution in [0.4, 0.5) is 0 Å². The highest BCUT2D eigenvalue weighted by atomic mass is 35.5. The van der Waals surface area contributed by atoms with Gasteiger partial charge in [-0.05, 0) is 31.4 Å². The molecule has 0 amide bonds. The van der Waals surface area contributed by atoms with Crippen LogP contribution in [0.25, 0.3) is 11.4 Å². The molecule has 1 aliphatic carbocycles. The predicted octanol–water partition coefficient (Wildman–Crippen LogP) is 2.84. The van der Waals surface area contributed by atoms with Gasteiger partial charge >= 0.3 is 0 Å². The van der Waals surface area contributed by atoms with Crippen LogP contribution >= 0.6 is 12.4 Å². The molecule has 2 aromatic rings. The van der Waals surface area contributed by atoms with Crippen molar-refractivity contribution in [3.05, 3.63) is 29.9 Å². The third-order valence-corrected chi connectivity index (χ3v) is 3.23. The van der Waals surface area contributed by atoms with Crippen molar-refractivity contribution in [3.8, 4) is 11.4 Å². The third kappa shape index (κ3) is 2.93. The van der Waals surface area contributed by atoms with Crippen molar-refractivity contribution in [1.29, 1.82) is 0 Å². The summed E-state index contributed by atoms with van der Waals surface area (Å²) in [6, 6.07) is 3.76. The number of nitrogens with two attached hydrogens (primary N) is 1. The first-order chi connectivity index (χ1) is 8.78. The summed E-state index contributed by atoms with van der Waals surface area (Å²) in [7, 11) is 0. The van der Waals surface area contributed by atoms with Gasteiger partial charge in [0.15, 0.2) is 0 Å². The Labute approximate surface area is 118 Å². The minimum atomic E-state index is -0.184. The number of nitrogens with zero attached hydrogens (tertiary/aromatic N) is 3. The normalized spacial score (nSPS) is 15.9.